The molecule has 0 aliphatic rings. The predicted octanol–water partition coefficient (Wildman–Crippen LogP) is 2.23. The topological polar surface area (TPSA) is 29.5 Å². The summed E-state index contributed by atoms with van der Waals surface area (Å²) in [6, 6.07) is 0. The van der Waals surface area contributed by atoms with Crippen molar-refractivity contribution in [3.63, 3.8) is 0 Å². The number of hydrogen-bond acceptors (Lipinski definition) is 2. The highest BCUT2D eigenvalue weighted by Crippen LogP contribution is 2.18. The summed E-state index contributed by atoms with van der Waals surface area (Å²) in [4.78, 5) is 0. The molecular formula is C11H22O2. The van der Waals surface area contributed by atoms with E-state index >= 15 is 0 Å². The highest BCUT2D eigenvalue weighted by atomic mass is 16.5. The van der Waals surface area contributed by atoms with Gasteiger partial charge in [-0.1, -0.05) is 32.4 Å². The highest BCUT2D eigenvalue weighted by molar-refractivity contribution is 5.02. The third-order valence-electron chi connectivity index (χ3n) is 2.24. The van der Waals surface area contributed by atoms with Gasteiger partial charge in [0.15, 0.2) is 0 Å². The van der Waals surface area contributed by atoms with Gasteiger partial charge in [-0.3, -0.25) is 0 Å². The summed E-state index contributed by atoms with van der Waals surface area (Å²) in [6.07, 6.45) is 2.32. The molecule has 2 nitrogen and oxygen atoms in total. The number of ether oxygens (including phenoxy) is 1. The minimum absolute atomic E-state index is 0.138. The maximum absolute atomic E-state index is 8.87. The fourth-order valence-electron chi connectivity index (χ4n) is 1.69. The van der Waals surface area contributed by atoms with Gasteiger partial charge in [0.25, 0.3) is 0 Å². The minimum atomic E-state index is 0.138. The smallest absolute Gasteiger partial charge is 0.0654 e. The zero-order chi connectivity index (χ0) is 10.4. The molecule has 0 saturated carbocycles. The monoisotopic (exact) mass is 186 g/mol. The molecule has 2 heteroatoms. The van der Waals surface area contributed by atoms with Crippen LogP contribution in [0.15, 0.2) is 11.6 Å². The van der Waals surface area contributed by atoms with Gasteiger partial charge in [0.2, 0.25) is 0 Å². The van der Waals surface area contributed by atoms with Gasteiger partial charge in [-0.05, 0) is 12.8 Å². The standard InChI is InChI=1S/C11H22O2/c1-8(2)11(13-5)10(4)6-9(3)7-12/h6,8,10-12H,7H2,1-5H3/b9-6+/t10-,11+/m1/s1. The largest absolute Gasteiger partial charge is 0.392 e. The van der Waals surface area contributed by atoms with Crippen LogP contribution in [-0.2, 0) is 4.74 Å². The van der Waals surface area contributed by atoms with E-state index in [4.69, 9.17) is 9.84 Å². The quantitative estimate of drug-likeness (QED) is 0.667. The van der Waals surface area contributed by atoms with Crippen molar-refractivity contribution in [2.45, 2.75) is 33.8 Å². The van der Waals surface area contributed by atoms with Crippen LogP contribution in [0.5, 0.6) is 0 Å². The molecule has 0 aromatic heterocycles. The first-order chi connectivity index (χ1) is 6.02. The number of methoxy groups -OCH3 is 1. The summed E-state index contributed by atoms with van der Waals surface area (Å²) in [5.41, 5.74) is 1.01. The molecule has 0 radical (unpaired) electrons. The summed E-state index contributed by atoms with van der Waals surface area (Å²) >= 11 is 0. The molecule has 0 aliphatic carbocycles. The Bertz CT molecular complexity index is 161. The van der Waals surface area contributed by atoms with Gasteiger partial charge >= 0.3 is 0 Å². The molecule has 0 bridgehead atoms. The number of aliphatic hydroxyl groups is 1. The molecule has 0 aromatic rings. The molecule has 78 valence electrons. The van der Waals surface area contributed by atoms with Crippen molar-refractivity contribution in [2.24, 2.45) is 11.8 Å². The van der Waals surface area contributed by atoms with Crippen LogP contribution in [0.1, 0.15) is 27.7 Å². The van der Waals surface area contributed by atoms with E-state index in [9.17, 15) is 0 Å². The van der Waals surface area contributed by atoms with E-state index in [1.807, 2.05) is 6.92 Å². The normalized spacial score (nSPS) is 17.6. The number of hydrogen-bond donors (Lipinski definition) is 1. The fourth-order valence-corrected chi connectivity index (χ4v) is 1.69. The van der Waals surface area contributed by atoms with Crippen LogP contribution in [0.2, 0.25) is 0 Å². The average molecular weight is 186 g/mol. The van der Waals surface area contributed by atoms with Crippen LogP contribution in [0.25, 0.3) is 0 Å². The Kier molecular flexibility index (Phi) is 6.00. The van der Waals surface area contributed by atoms with E-state index in [1.54, 1.807) is 7.11 Å². The molecule has 0 aromatic carbocycles. The second kappa shape index (κ2) is 6.17. The molecule has 0 heterocycles. The van der Waals surface area contributed by atoms with E-state index in [0.717, 1.165) is 5.57 Å². The second-order valence-electron chi connectivity index (χ2n) is 3.97. The number of aliphatic hydroxyl groups excluding tert-OH is 1. The van der Waals surface area contributed by atoms with E-state index in [2.05, 4.69) is 26.8 Å². The van der Waals surface area contributed by atoms with Crippen molar-refractivity contribution >= 4 is 0 Å². The van der Waals surface area contributed by atoms with Gasteiger partial charge in [-0.25, -0.2) is 0 Å². The highest BCUT2D eigenvalue weighted by Gasteiger charge is 2.18. The number of rotatable bonds is 5. The molecular weight excluding hydrogens is 164 g/mol. The molecule has 0 rings (SSSR count). The molecule has 0 saturated heterocycles. The lowest BCUT2D eigenvalue weighted by molar-refractivity contribution is 0.0375. The van der Waals surface area contributed by atoms with Gasteiger partial charge in [-0.2, -0.15) is 0 Å². The Hall–Kier alpha value is -0.340. The van der Waals surface area contributed by atoms with Crippen LogP contribution >= 0.6 is 0 Å². The molecule has 2 atom stereocenters. The molecule has 0 fully saturated rings. The van der Waals surface area contributed by atoms with Crippen molar-refractivity contribution in [3.8, 4) is 0 Å². The maximum Gasteiger partial charge on any atom is 0.0654 e. The van der Waals surface area contributed by atoms with E-state index in [-0.39, 0.29) is 12.7 Å². The maximum atomic E-state index is 8.87. The van der Waals surface area contributed by atoms with Gasteiger partial charge in [0.05, 0.1) is 12.7 Å². The Morgan fingerprint density at radius 2 is 1.92 bits per heavy atom. The van der Waals surface area contributed by atoms with Gasteiger partial charge in [0.1, 0.15) is 0 Å². The van der Waals surface area contributed by atoms with Crippen molar-refractivity contribution < 1.29 is 9.84 Å². The van der Waals surface area contributed by atoms with Gasteiger partial charge < -0.3 is 9.84 Å². The van der Waals surface area contributed by atoms with Gasteiger partial charge in [-0.15, -0.1) is 0 Å². The van der Waals surface area contributed by atoms with Gasteiger partial charge in [0, 0.05) is 13.0 Å². The van der Waals surface area contributed by atoms with Crippen LogP contribution in [-0.4, -0.2) is 24.9 Å². The third-order valence-corrected chi connectivity index (χ3v) is 2.24. The predicted molar refractivity (Wildman–Crippen MR) is 55.6 cm³/mol. The first-order valence-electron chi connectivity index (χ1n) is 4.83. The summed E-state index contributed by atoms with van der Waals surface area (Å²) in [5.74, 6) is 0.861. The summed E-state index contributed by atoms with van der Waals surface area (Å²) in [5, 5.41) is 8.87. The fraction of sp³-hybridized carbons (Fsp3) is 0.818. The Labute approximate surface area is 81.6 Å². The Morgan fingerprint density at radius 3 is 2.23 bits per heavy atom. The Morgan fingerprint density at radius 1 is 1.38 bits per heavy atom. The first-order valence-corrected chi connectivity index (χ1v) is 4.83. The van der Waals surface area contributed by atoms with Crippen LogP contribution < -0.4 is 0 Å². The SMILES string of the molecule is CO[C@@H](C(C)C)[C@H](C)/C=C(\C)CO. The lowest BCUT2D eigenvalue weighted by atomic mass is 9.93. The molecule has 1 N–H and O–H groups in total. The third kappa shape index (κ3) is 4.44. The van der Waals surface area contributed by atoms with Crippen molar-refractivity contribution in [1.82, 2.24) is 0 Å². The summed E-state index contributed by atoms with van der Waals surface area (Å²) < 4.78 is 5.39. The molecule has 0 spiro atoms. The minimum Gasteiger partial charge on any atom is -0.392 e. The van der Waals surface area contributed by atoms with Crippen molar-refractivity contribution in [1.29, 1.82) is 0 Å². The van der Waals surface area contributed by atoms with Crippen molar-refractivity contribution in [3.05, 3.63) is 11.6 Å². The van der Waals surface area contributed by atoms with E-state index < -0.39 is 0 Å². The molecule has 0 unspecified atom stereocenters. The Balaban J connectivity index is 4.29. The lowest BCUT2D eigenvalue weighted by Crippen LogP contribution is -2.25. The molecule has 0 aliphatic heterocycles. The van der Waals surface area contributed by atoms with E-state index in [0.29, 0.717) is 11.8 Å². The summed E-state index contributed by atoms with van der Waals surface area (Å²) in [6.45, 7) is 8.48. The van der Waals surface area contributed by atoms with E-state index in [1.165, 1.54) is 0 Å². The molecule has 0 amide bonds. The first kappa shape index (κ1) is 12.7. The van der Waals surface area contributed by atoms with Crippen LogP contribution in [0.3, 0.4) is 0 Å². The molecule has 13 heavy (non-hydrogen) atoms. The van der Waals surface area contributed by atoms with Crippen LogP contribution in [0.4, 0.5) is 0 Å². The summed E-state index contributed by atoms with van der Waals surface area (Å²) in [7, 11) is 1.74. The zero-order valence-corrected chi connectivity index (χ0v) is 9.37. The second-order valence-corrected chi connectivity index (χ2v) is 3.97. The average Bonchev–Trinajstić information content (AvgIpc) is 2.04. The zero-order valence-electron chi connectivity index (χ0n) is 9.37. The van der Waals surface area contributed by atoms with Crippen molar-refractivity contribution in [2.75, 3.05) is 13.7 Å². The van der Waals surface area contributed by atoms with Crippen LogP contribution in [0, 0.1) is 11.8 Å². The lowest BCUT2D eigenvalue weighted by Gasteiger charge is -2.24.